The number of alkyl halides is 3. The average Bonchev–Trinajstić information content (AvgIpc) is 2.34. The molecule has 0 fully saturated rings. The van der Waals surface area contributed by atoms with Gasteiger partial charge in [-0.3, -0.25) is 0 Å². The zero-order valence-corrected chi connectivity index (χ0v) is 10.3. The molecule has 2 nitrogen and oxygen atoms in total. The predicted octanol–water partition coefficient (Wildman–Crippen LogP) is 3.46. The minimum Gasteiger partial charge on any atom is -0.493 e. The zero-order chi connectivity index (χ0) is 13.6. The van der Waals surface area contributed by atoms with Gasteiger partial charge in [0, 0.05) is 5.92 Å². The molecule has 1 unspecified atom stereocenters. The molecule has 0 saturated carbocycles. The lowest BCUT2D eigenvalue weighted by Gasteiger charge is -2.15. The summed E-state index contributed by atoms with van der Waals surface area (Å²) in [6.45, 7) is 2.87. The Morgan fingerprint density at radius 1 is 1.33 bits per heavy atom. The van der Waals surface area contributed by atoms with Gasteiger partial charge in [-0.2, -0.15) is 13.2 Å². The summed E-state index contributed by atoms with van der Waals surface area (Å²) in [5, 5.41) is 0. The molecule has 1 rings (SSSR count). The maximum Gasteiger partial charge on any atom is 0.416 e. The standard InChI is InChI=1S/C13H18F3NO/c1-2-4-10(8-17)9-18-12-6-3-5-11(7-12)13(14,15)16/h3,5-7,10H,2,4,8-9,17H2,1H3. The summed E-state index contributed by atoms with van der Waals surface area (Å²) in [6.07, 6.45) is -2.45. The predicted molar refractivity (Wildman–Crippen MR) is 64.4 cm³/mol. The van der Waals surface area contributed by atoms with Crippen LogP contribution in [-0.4, -0.2) is 13.2 Å². The molecular weight excluding hydrogens is 243 g/mol. The van der Waals surface area contributed by atoms with Gasteiger partial charge in [0.2, 0.25) is 0 Å². The fourth-order valence-corrected chi connectivity index (χ4v) is 1.65. The molecule has 0 bridgehead atoms. The quantitative estimate of drug-likeness (QED) is 0.851. The van der Waals surface area contributed by atoms with E-state index in [0.29, 0.717) is 13.2 Å². The second-order valence-electron chi connectivity index (χ2n) is 4.23. The van der Waals surface area contributed by atoms with Crippen LogP contribution in [0, 0.1) is 5.92 Å². The number of benzene rings is 1. The van der Waals surface area contributed by atoms with Crippen molar-refractivity contribution >= 4 is 0 Å². The molecule has 1 aromatic carbocycles. The van der Waals surface area contributed by atoms with Crippen LogP contribution in [0.2, 0.25) is 0 Å². The van der Waals surface area contributed by atoms with Crippen LogP contribution >= 0.6 is 0 Å². The highest BCUT2D eigenvalue weighted by atomic mass is 19.4. The summed E-state index contributed by atoms with van der Waals surface area (Å²) in [6, 6.07) is 4.91. The van der Waals surface area contributed by atoms with Crippen LogP contribution in [-0.2, 0) is 6.18 Å². The van der Waals surface area contributed by atoms with Crippen molar-refractivity contribution in [2.45, 2.75) is 25.9 Å². The van der Waals surface area contributed by atoms with E-state index in [-0.39, 0.29) is 11.7 Å². The van der Waals surface area contributed by atoms with Gasteiger partial charge in [-0.05, 0) is 31.2 Å². The molecule has 18 heavy (non-hydrogen) atoms. The molecule has 0 spiro atoms. The zero-order valence-electron chi connectivity index (χ0n) is 10.3. The summed E-state index contributed by atoms with van der Waals surface area (Å²) in [5.41, 5.74) is 4.87. The van der Waals surface area contributed by atoms with Gasteiger partial charge in [-0.15, -0.1) is 0 Å². The van der Waals surface area contributed by atoms with E-state index in [2.05, 4.69) is 0 Å². The van der Waals surface area contributed by atoms with E-state index in [4.69, 9.17) is 10.5 Å². The van der Waals surface area contributed by atoms with E-state index in [1.807, 2.05) is 6.92 Å². The fraction of sp³-hybridized carbons (Fsp3) is 0.538. The first-order valence-electron chi connectivity index (χ1n) is 5.97. The van der Waals surface area contributed by atoms with E-state index >= 15 is 0 Å². The smallest absolute Gasteiger partial charge is 0.416 e. The SMILES string of the molecule is CCCC(CN)COc1cccc(C(F)(F)F)c1. The third-order valence-corrected chi connectivity index (χ3v) is 2.68. The van der Waals surface area contributed by atoms with Crippen molar-refractivity contribution in [3.8, 4) is 5.75 Å². The lowest BCUT2D eigenvalue weighted by atomic mass is 10.1. The monoisotopic (exact) mass is 261 g/mol. The van der Waals surface area contributed by atoms with Crippen LogP contribution < -0.4 is 10.5 Å². The number of rotatable bonds is 6. The van der Waals surface area contributed by atoms with Crippen LogP contribution in [0.15, 0.2) is 24.3 Å². The van der Waals surface area contributed by atoms with Gasteiger partial charge in [-0.25, -0.2) is 0 Å². The lowest BCUT2D eigenvalue weighted by Crippen LogP contribution is -2.21. The first-order chi connectivity index (χ1) is 8.47. The number of hydrogen-bond donors (Lipinski definition) is 1. The first kappa shape index (κ1) is 14.8. The first-order valence-corrected chi connectivity index (χ1v) is 5.97. The van der Waals surface area contributed by atoms with Crippen molar-refractivity contribution in [1.82, 2.24) is 0 Å². The lowest BCUT2D eigenvalue weighted by molar-refractivity contribution is -0.137. The van der Waals surface area contributed by atoms with Gasteiger partial charge in [0.15, 0.2) is 0 Å². The Bertz CT molecular complexity index is 365. The molecule has 0 aliphatic carbocycles. The van der Waals surface area contributed by atoms with Crippen LogP contribution in [0.3, 0.4) is 0 Å². The highest BCUT2D eigenvalue weighted by molar-refractivity contribution is 5.30. The Balaban J connectivity index is 2.62. The van der Waals surface area contributed by atoms with Crippen molar-refractivity contribution in [3.05, 3.63) is 29.8 Å². The minimum absolute atomic E-state index is 0.185. The van der Waals surface area contributed by atoms with Crippen LogP contribution in [0.1, 0.15) is 25.3 Å². The van der Waals surface area contributed by atoms with E-state index in [0.717, 1.165) is 25.0 Å². The Morgan fingerprint density at radius 2 is 2.06 bits per heavy atom. The normalized spacial score (nSPS) is 13.4. The molecule has 0 heterocycles. The van der Waals surface area contributed by atoms with Crippen LogP contribution in [0.5, 0.6) is 5.75 Å². The Morgan fingerprint density at radius 3 is 2.61 bits per heavy atom. The molecule has 0 aromatic heterocycles. The largest absolute Gasteiger partial charge is 0.493 e. The molecule has 0 aliphatic heterocycles. The molecule has 102 valence electrons. The number of halogens is 3. The highest BCUT2D eigenvalue weighted by Crippen LogP contribution is 2.31. The van der Waals surface area contributed by atoms with E-state index in [1.165, 1.54) is 12.1 Å². The highest BCUT2D eigenvalue weighted by Gasteiger charge is 2.30. The van der Waals surface area contributed by atoms with Crippen LogP contribution in [0.4, 0.5) is 13.2 Å². The molecule has 0 radical (unpaired) electrons. The Hall–Kier alpha value is -1.23. The molecular formula is C13H18F3NO. The number of ether oxygens (including phenoxy) is 1. The van der Waals surface area contributed by atoms with Gasteiger partial charge < -0.3 is 10.5 Å². The summed E-state index contributed by atoms with van der Waals surface area (Å²) in [4.78, 5) is 0. The van der Waals surface area contributed by atoms with Gasteiger partial charge in [0.05, 0.1) is 12.2 Å². The summed E-state index contributed by atoms with van der Waals surface area (Å²) in [7, 11) is 0. The minimum atomic E-state index is -4.34. The second kappa shape index (κ2) is 6.64. The van der Waals surface area contributed by atoms with E-state index in [1.54, 1.807) is 0 Å². The average molecular weight is 261 g/mol. The molecule has 2 N–H and O–H groups in total. The third-order valence-electron chi connectivity index (χ3n) is 2.68. The van der Waals surface area contributed by atoms with Crippen LogP contribution in [0.25, 0.3) is 0 Å². The van der Waals surface area contributed by atoms with Crippen molar-refractivity contribution in [1.29, 1.82) is 0 Å². The molecule has 0 saturated heterocycles. The summed E-state index contributed by atoms with van der Waals surface area (Å²) >= 11 is 0. The summed E-state index contributed by atoms with van der Waals surface area (Å²) in [5.74, 6) is 0.420. The molecule has 1 atom stereocenters. The Kier molecular flexibility index (Phi) is 5.47. The number of nitrogens with two attached hydrogens (primary N) is 1. The van der Waals surface area contributed by atoms with Crippen molar-refractivity contribution in [2.75, 3.05) is 13.2 Å². The van der Waals surface area contributed by atoms with Gasteiger partial charge >= 0.3 is 6.18 Å². The van der Waals surface area contributed by atoms with Crippen molar-refractivity contribution in [3.63, 3.8) is 0 Å². The third kappa shape index (κ3) is 4.56. The Labute approximate surface area is 105 Å². The summed E-state index contributed by atoms with van der Waals surface area (Å²) < 4.78 is 42.8. The maximum absolute atomic E-state index is 12.5. The topological polar surface area (TPSA) is 35.2 Å². The fourth-order valence-electron chi connectivity index (χ4n) is 1.65. The molecule has 1 aromatic rings. The molecule has 5 heteroatoms. The molecule has 0 aliphatic rings. The maximum atomic E-state index is 12.5. The second-order valence-corrected chi connectivity index (χ2v) is 4.23. The van der Waals surface area contributed by atoms with E-state index < -0.39 is 11.7 Å². The van der Waals surface area contributed by atoms with Gasteiger partial charge in [-0.1, -0.05) is 19.4 Å². The van der Waals surface area contributed by atoms with E-state index in [9.17, 15) is 13.2 Å². The van der Waals surface area contributed by atoms with Crippen molar-refractivity contribution in [2.24, 2.45) is 11.7 Å². The number of hydrogen-bond acceptors (Lipinski definition) is 2. The van der Waals surface area contributed by atoms with Crippen molar-refractivity contribution < 1.29 is 17.9 Å². The van der Waals surface area contributed by atoms with Gasteiger partial charge in [0.1, 0.15) is 5.75 Å². The molecule has 0 amide bonds. The van der Waals surface area contributed by atoms with Gasteiger partial charge in [0.25, 0.3) is 0 Å².